The van der Waals surface area contributed by atoms with Gasteiger partial charge in [-0.05, 0) is 36.1 Å². The number of rotatable bonds is 5. The molecule has 8 heteroatoms. The van der Waals surface area contributed by atoms with Gasteiger partial charge in [0.15, 0.2) is 0 Å². The van der Waals surface area contributed by atoms with Gasteiger partial charge in [0.25, 0.3) is 0 Å². The molecule has 0 amide bonds. The first-order valence-electron chi connectivity index (χ1n) is 9.75. The van der Waals surface area contributed by atoms with Crippen LogP contribution < -0.4 is 10.1 Å². The van der Waals surface area contributed by atoms with Crippen LogP contribution in [0.4, 0.5) is 5.82 Å². The van der Waals surface area contributed by atoms with Gasteiger partial charge in [0.05, 0.1) is 23.7 Å². The monoisotopic (exact) mass is 436 g/mol. The number of thiophene rings is 1. The first-order chi connectivity index (χ1) is 14.7. The van der Waals surface area contributed by atoms with Crippen molar-refractivity contribution in [1.82, 2.24) is 15.1 Å². The van der Waals surface area contributed by atoms with Crippen molar-refractivity contribution in [3.63, 3.8) is 0 Å². The van der Waals surface area contributed by atoms with Crippen molar-refractivity contribution >= 4 is 44.5 Å². The summed E-state index contributed by atoms with van der Waals surface area (Å²) in [5.41, 5.74) is 3.81. The number of ether oxygens (including phenoxy) is 1. The molecule has 0 aliphatic heterocycles. The third-order valence-corrected chi connectivity index (χ3v) is 7.21. The van der Waals surface area contributed by atoms with E-state index in [9.17, 15) is 0 Å². The SMILES string of the molecule is COc1ccc(CNc2nc(-c3ccno3)nc3sc4c(c23)C2=CCCC24)cc1Cl. The fourth-order valence-corrected chi connectivity index (χ4v) is 5.93. The van der Waals surface area contributed by atoms with Crippen molar-refractivity contribution in [2.45, 2.75) is 25.3 Å². The van der Waals surface area contributed by atoms with E-state index in [1.807, 2.05) is 18.2 Å². The van der Waals surface area contributed by atoms with Crippen LogP contribution in [0.2, 0.25) is 5.02 Å². The van der Waals surface area contributed by atoms with Crippen LogP contribution in [0.3, 0.4) is 0 Å². The van der Waals surface area contributed by atoms with Crippen molar-refractivity contribution in [2.24, 2.45) is 0 Å². The molecule has 4 aromatic rings. The highest BCUT2D eigenvalue weighted by Crippen LogP contribution is 2.59. The topological polar surface area (TPSA) is 73.1 Å². The number of hydrogen-bond acceptors (Lipinski definition) is 7. The summed E-state index contributed by atoms with van der Waals surface area (Å²) in [7, 11) is 1.61. The number of nitrogens with zero attached hydrogens (tertiary/aromatic N) is 3. The van der Waals surface area contributed by atoms with E-state index in [4.69, 9.17) is 30.8 Å². The van der Waals surface area contributed by atoms with Crippen LogP contribution in [0.25, 0.3) is 27.4 Å². The van der Waals surface area contributed by atoms with E-state index in [-0.39, 0.29) is 0 Å². The molecule has 0 saturated carbocycles. The zero-order valence-electron chi connectivity index (χ0n) is 16.1. The van der Waals surface area contributed by atoms with Gasteiger partial charge in [0, 0.05) is 29.0 Å². The third-order valence-electron chi connectivity index (χ3n) is 5.71. The molecule has 2 aliphatic rings. The van der Waals surface area contributed by atoms with Crippen molar-refractivity contribution in [2.75, 3.05) is 12.4 Å². The smallest absolute Gasteiger partial charge is 0.204 e. The minimum atomic E-state index is 0.538. The molecule has 0 radical (unpaired) electrons. The van der Waals surface area contributed by atoms with E-state index in [1.165, 1.54) is 22.4 Å². The van der Waals surface area contributed by atoms with Crippen molar-refractivity contribution in [3.05, 3.63) is 57.6 Å². The molecule has 0 fully saturated rings. The summed E-state index contributed by atoms with van der Waals surface area (Å²) < 4.78 is 10.6. The van der Waals surface area contributed by atoms with Crippen LogP contribution in [-0.4, -0.2) is 22.2 Å². The Kier molecular flexibility index (Phi) is 4.07. The minimum absolute atomic E-state index is 0.538. The highest BCUT2D eigenvalue weighted by molar-refractivity contribution is 7.19. The molecule has 1 N–H and O–H groups in total. The maximum atomic E-state index is 6.29. The Bertz CT molecular complexity index is 1310. The van der Waals surface area contributed by atoms with Gasteiger partial charge in [0.1, 0.15) is 16.4 Å². The number of anilines is 1. The maximum Gasteiger partial charge on any atom is 0.204 e. The standard InChI is InChI=1S/C22H17ClN4O2S/c1-28-15-6-5-11(9-14(15)23)10-24-21-18-17-12-3-2-4-13(12)19(17)30-22(18)27-20(26-21)16-7-8-25-29-16/h3,5-9,13H,2,4,10H2,1H3,(H,24,26,27). The van der Waals surface area contributed by atoms with Crippen LogP contribution in [-0.2, 0) is 6.54 Å². The highest BCUT2D eigenvalue weighted by atomic mass is 35.5. The van der Waals surface area contributed by atoms with E-state index in [0.29, 0.717) is 34.8 Å². The van der Waals surface area contributed by atoms with E-state index >= 15 is 0 Å². The fraction of sp³-hybridized carbons (Fsp3) is 0.227. The lowest BCUT2D eigenvalue weighted by Gasteiger charge is -2.26. The van der Waals surface area contributed by atoms with Gasteiger partial charge in [-0.3, -0.25) is 0 Å². The first kappa shape index (κ1) is 17.9. The van der Waals surface area contributed by atoms with Gasteiger partial charge in [0.2, 0.25) is 11.6 Å². The zero-order valence-corrected chi connectivity index (χ0v) is 17.7. The second kappa shape index (κ2) is 6.82. The third kappa shape index (κ3) is 2.66. The Hall–Kier alpha value is -2.90. The Morgan fingerprint density at radius 1 is 1.30 bits per heavy atom. The predicted octanol–water partition coefficient (Wildman–Crippen LogP) is 5.89. The second-order valence-corrected chi connectivity index (χ2v) is 8.84. The number of nitrogens with one attached hydrogen (secondary N) is 1. The van der Waals surface area contributed by atoms with E-state index in [0.717, 1.165) is 28.0 Å². The Morgan fingerprint density at radius 2 is 2.23 bits per heavy atom. The zero-order chi connectivity index (χ0) is 20.2. The molecule has 6 rings (SSSR count). The molecular formula is C22H17ClN4O2S. The molecule has 1 aromatic carbocycles. The molecule has 1 atom stereocenters. The number of methoxy groups -OCH3 is 1. The Labute approximate surface area is 181 Å². The summed E-state index contributed by atoms with van der Waals surface area (Å²) in [4.78, 5) is 12.0. The van der Waals surface area contributed by atoms with Crippen LogP contribution in [0, 0.1) is 0 Å². The number of allylic oxidation sites excluding steroid dienone is 2. The van der Waals surface area contributed by atoms with Gasteiger partial charge in [-0.2, -0.15) is 0 Å². The highest BCUT2D eigenvalue weighted by Gasteiger charge is 2.39. The molecule has 0 spiro atoms. The summed E-state index contributed by atoms with van der Waals surface area (Å²) >= 11 is 8.06. The Balaban J connectivity index is 1.43. The number of fused-ring (bicyclic) bond motifs is 6. The molecule has 2 aliphatic carbocycles. The summed E-state index contributed by atoms with van der Waals surface area (Å²) in [6.45, 7) is 0.582. The molecule has 0 bridgehead atoms. The average molecular weight is 437 g/mol. The van der Waals surface area contributed by atoms with Gasteiger partial charge >= 0.3 is 0 Å². The van der Waals surface area contributed by atoms with Gasteiger partial charge < -0.3 is 14.6 Å². The van der Waals surface area contributed by atoms with Crippen LogP contribution in [0.15, 0.2) is 41.1 Å². The molecule has 3 aromatic heterocycles. The fourth-order valence-electron chi connectivity index (χ4n) is 4.30. The predicted molar refractivity (Wildman–Crippen MR) is 118 cm³/mol. The molecule has 30 heavy (non-hydrogen) atoms. The normalized spacial score (nSPS) is 16.7. The second-order valence-electron chi connectivity index (χ2n) is 7.41. The molecule has 1 unspecified atom stereocenters. The van der Waals surface area contributed by atoms with Crippen LogP contribution in [0.5, 0.6) is 5.75 Å². The minimum Gasteiger partial charge on any atom is -0.495 e. The molecule has 0 saturated heterocycles. The Morgan fingerprint density at radius 3 is 3.03 bits per heavy atom. The number of benzene rings is 1. The van der Waals surface area contributed by atoms with E-state index < -0.39 is 0 Å². The lowest BCUT2D eigenvalue weighted by molar-refractivity contribution is 0.415. The molecule has 3 heterocycles. The molecule has 150 valence electrons. The van der Waals surface area contributed by atoms with E-state index in [1.54, 1.807) is 30.7 Å². The maximum absolute atomic E-state index is 6.29. The summed E-state index contributed by atoms with van der Waals surface area (Å²) in [5, 5.41) is 9.00. The summed E-state index contributed by atoms with van der Waals surface area (Å²) in [6, 6.07) is 7.56. The van der Waals surface area contributed by atoms with Crippen molar-refractivity contribution in [1.29, 1.82) is 0 Å². The van der Waals surface area contributed by atoms with Gasteiger partial charge in [-0.1, -0.05) is 28.9 Å². The van der Waals surface area contributed by atoms with Crippen LogP contribution in [0.1, 0.15) is 34.8 Å². The lowest BCUT2D eigenvalue weighted by Crippen LogP contribution is -2.10. The molecule has 6 nitrogen and oxygen atoms in total. The van der Waals surface area contributed by atoms with Crippen molar-refractivity contribution < 1.29 is 9.26 Å². The average Bonchev–Trinajstić information content (AvgIpc) is 3.47. The summed E-state index contributed by atoms with van der Waals surface area (Å²) in [5.74, 6) is 3.14. The number of hydrogen-bond donors (Lipinski definition) is 1. The number of halogens is 1. The summed E-state index contributed by atoms with van der Waals surface area (Å²) in [6.07, 6.45) is 6.31. The first-order valence-corrected chi connectivity index (χ1v) is 10.9. The van der Waals surface area contributed by atoms with Crippen LogP contribution >= 0.6 is 22.9 Å². The quantitative estimate of drug-likeness (QED) is 0.420. The van der Waals surface area contributed by atoms with E-state index in [2.05, 4.69) is 16.5 Å². The largest absolute Gasteiger partial charge is 0.495 e. The van der Waals surface area contributed by atoms with Crippen molar-refractivity contribution in [3.8, 4) is 17.3 Å². The van der Waals surface area contributed by atoms with Gasteiger partial charge in [-0.25, -0.2) is 9.97 Å². The number of aromatic nitrogens is 3. The van der Waals surface area contributed by atoms with Gasteiger partial charge in [-0.15, -0.1) is 11.3 Å². The molecular weight excluding hydrogens is 420 g/mol. The lowest BCUT2D eigenvalue weighted by atomic mass is 9.80.